The maximum absolute atomic E-state index is 12.3. The van der Waals surface area contributed by atoms with Crippen LogP contribution in [0.15, 0.2) is 52.7 Å². The number of hydrazone groups is 1. The summed E-state index contributed by atoms with van der Waals surface area (Å²) in [5, 5.41) is 13.8. The minimum Gasteiger partial charge on any atom is -0.497 e. The molecule has 0 spiro atoms. The lowest BCUT2D eigenvalue weighted by atomic mass is 10.1. The number of aromatic nitrogens is 3. The van der Waals surface area contributed by atoms with Crippen molar-refractivity contribution in [1.29, 1.82) is 0 Å². The first-order chi connectivity index (χ1) is 14.9. The van der Waals surface area contributed by atoms with E-state index in [0.717, 1.165) is 11.1 Å². The van der Waals surface area contributed by atoms with Crippen LogP contribution in [0, 0.1) is 0 Å². The number of carbonyl (C=O) groups is 1. The number of nitrogens with one attached hydrogen (secondary N) is 1. The summed E-state index contributed by atoms with van der Waals surface area (Å²) in [6.45, 7) is 1.79. The molecule has 0 saturated carbocycles. The van der Waals surface area contributed by atoms with E-state index in [1.807, 2.05) is 29.8 Å². The monoisotopic (exact) mass is 459 g/mol. The molecule has 0 radical (unpaired) electrons. The number of rotatable bonds is 8. The number of amides is 1. The van der Waals surface area contributed by atoms with Gasteiger partial charge in [-0.1, -0.05) is 23.4 Å². The molecule has 0 fully saturated rings. The highest BCUT2D eigenvalue weighted by molar-refractivity contribution is 7.99. The van der Waals surface area contributed by atoms with Crippen LogP contribution in [0.2, 0.25) is 5.02 Å². The van der Waals surface area contributed by atoms with E-state index in [0.29, 0.717) is 33.2 Å². The summed E-state index contributed by atoms with van der Waals surface area (Å²) in [7, 11) is 5.01. The van der Waals surface area contributed by atoms with Crippen molar-refractivity contribution in [3.05, 3.63) is 53.1 Å². The van der Waals surface area contributed by atoms with Gasteiger partial charge in [-0.05, 0) is 43.3 Å². The van der Waals surface area contributed by atoms with Crippen molar-refractivity contribution in [2.75, 3.05) is 20.0 Å². The van der Waals surface area contributed by atoms with Crippen LogP contribution in [0.5, 0.6) is 11.5 Å². The second-order valence-electron chi connectivity index (χ2n) is 6.46. The lowest BCUT2D eigenvalue weighted by molar-refractivity contribution is -0.118. The quantitative estimate of drug-likeness (QED) is 0.313. The molecule has 1 amide bonds. The SMILES string of the molecule is COc1ccc(C(C)=NNC(=O)CSc2nnc(-c3ccc(Cl)cc3)n2C)c(OC)c1. The van der Waals surface area contributed by atoms with Gasteiger partial charge < -0.3 is 14.0 Å². The Hall–Kier alpha value is -3.04. The number of ether oxygens (including phenoxy) is 2. The van der Waals surface area contributed by atoms with Crippen molar-refractivity contribution >= 4 is 35.0 Å². The zero-order valence-corrected chi connectivity index (χ0v) is 19.1. The van der Waals surface area contributed by atoms with Crippen LogP contribution in [0.4, 0.5) is 0 Å². The number of hydrogen-bond donors (Lipinski definition) is 1. The number of carbonyl (C=O) groups excluding carboxylic acids is 1. The molecule has 8 nitrogen and oxygen atoms in total. The molecule has 0 aliphatic rings. The van der Waals surface area contributed by atoms with E-state index in [1.165, 1.54) is 11.8 Å². The number of hydrogen-bond acceptors (Lipinski definition) is 7. The van der Waals surface area contributed by atoms with Crippen molar-refractivity contribution in [1.82, 2.24) is 20.2 Å². The van der Waals surface area contributed by atoms with Gasteiger partial charge in [-0.15, -0.1) is 10.2 Å². The first-order valence-corrected chi connectivity index (χ1v) is 10.6. The molecular weight excluding hydrogens is 438 g/mol. The van der Waals surface area contributed by atoms with Gasteiger partial charge in [0, 0.05) is 29.3 Å². The normalized spacial score (nSPS) is 11.3. The topological polar surface area (TPSA) is 90.6 Å². The molecule has 0 saturated heterocycles. The molecule has 3 aromatic rings. The van der Waals surface area contributed by atoms with E-state index >= 15 is 0 Å². The maximum atomic E-state index is 12.3. The van der Waals surface area contributed by atoms with Crippen LogP contribution in [0.25, 0.3) is 11.4 Å². The smallest absolute Gasteiger partial charge is 0.250 e. The average Bonchev–Trinajstić information content (AvgIpc) is 3.16. The van der Waals surface area contributed by atoms with Crippen LogP contribution in [0.3, 0.4) is 0 Å². The van der Waals surface area contributed by atoms with Crippen LogP contribution in [0.1, 0.15) is 12.5 Å². The fourth-order valence-electron chi connectivity index (χ4n) is 2.76. The number of methoxy groups -OCH3 is 2. The largest absolute Gasteiger partial charge is 0.497 e. The summed E-state index contributed by atoms with van der Waals surface area (Å²) in [5.74, 6) is 1.87. The van der Waals surface area contributed by atoms with Crippen LogP contribution in [-0.4, -0.2) is 46.4 Å². The summed E-state index contributed by atoms with van der Waals surface area (Å²) >= 11 is 7.21. The summed E-state index contributed by atoms with van der Waals surface area (Å²) in [6, 6.07) is 12.7. The third-order valence-corrected chi connectivity index (χ3v) is 5.69. The van der Waals surface area contributed by atoms with E-state index in [1.54, 1.807) is 45.4 Å². The Labute approximate surface area is 189 Å². The Kier molecular flexibility index (Phi) is 7.54. The van der Waals surface area contributed by atoms with Crippen molar-refractivity contribution in [2.24, 2.45) is 12.1 Å². The maximum Gasteiger partial charge on any atom is 0.250 e. The highest BCUT2D eigenvalue weighted by Crippen LogP contribution is 2.25. The third-order valence-electron chi connectivity index (χ3n) is 4.42. The van der Waals surface area contributed by atoms with Crippen LogP contribution >= 0.6 is 23.4 Å². The zero-order chi connectivity index (χ0) is 22.4. The lowest BCUT2D eigenvalue weighted by Gasteiger charge is -2.10. The molecule has 1 heterocycles. The van der Waals surface area contributed by atoms with E-state index in [-0.39, 0.29) is 11.7 Å². The van der Waals surface area contributed by atoms with Gasteiger partial charge in [-0.25, -0.2) is 5.43 Å². The molecule has 3 rings (SSSR count). The van der Waals surface area contributed by atoms with Gasteiger partial charge in [0.2, 0.25) is 0 Å². The van der Waals surface area contributed by atoms with Gasteiger partial charge in [0.25, 0.3) is 5.91 Å². The molecule has 0 unspecified atom stereocenters. The Balaban J connectivity index is 1.61. The Morgan fingerprint density at radius 2 is 1.90 bits per heavy atom. The van der Waals surface area contributed by atoms with Crippen LogP contribution < -0.4 is 14.9 Å². The van der Waals surface area contributed by atoms with E-state index < -0.39 is 0 Å². The Bertz CT molecular complexity index is 1100. The van der Waals surface area contributed by atoms with E-state index in [9.17, 15) is 4.79 Å². The molecular formula is C21H22ClN5O3S. The second kappa shape index (κ2) is 10.3. The highest BCUT2D eigenvalue weighted by atomic mass is 35.5. The van der Waals surface area contributed by atoms with Crippen molar-refractivity contribution in [2.45, 2.75) is 12.1 Å². The minimum absolute atomic E-state index is 0.142. The molecule has 0 aliphatic carbocycles. The number of halogens is 1. The fourth-order valence-corrected chi connectivity index (χ4v) is 3.59. The van der Waals surface area contributed by atoms with Gasteiger partial charge in [0.15, 0.2) is 11.0 Å². The molecule has 10 heteroatoms. The molecule has 0 aliphatic heterocycles. The average molecular weight is 460 g/mol. The first kappa shape index (κ1) is 22.6. The standard InChI is InChI=1S/C21H22ClN5O3S/c1-13(17-10-9-16(29-3)11-18(17)30-4)23-24-19(28)12-31-21-26-25-20(27(21)2)14-5-7-15(22)8-6-14/h5-11H,12H2,1-4H3,(H,24,28). The Morgan fingerprint density at radius 3 is 2.58 bits per heavy atom. The molecule has 0 bridgehead atoms. The van der Waals surface area contributed by atoms with Crippen LogP contribution in [-0.2, 0) is 11.8 Å². The molecule has 162 valence electrons. The van der Waals surface area contributed by atoms with E-state index in [2.05, 4.69) is 20.7 Å². The van der Waals surface area contributed by atoms with Crippen molar-refractivity contribution in [3.63, 3.8) is 0 Å². The summed E-state index contributed by atoms with van der Waals surface area (Å²) in [6.07, 6.45) is 0. The molecule has 1 aromatic heterocycles. The Morgan fingerprint density at radius 1 is 1.16 bits per heavy atom. The summed E-state index contributed by atoms with van der Waals surface area (Å²) in [5.41, 5.74) is 4.83. The van der Waals surface area contributed by atoms with E-state index in [4.69, 9.17) is 21.1 Å². The number of benzene rings is 2. The van der Waals surface area contributed by atoms with Gasteiger partial charge in [-0.3, -0.25) is 4.79 Å². The fraction of sp³-hybridized carbons (Fsp3) is 0.238. The molecule has 1 N–H and O–H groups in total. The highest BCUT2D eigenvalue weighted by Gasteiger charge is 2.13. The van der Waals surface area contributed by atoms with Gasteiger partial charge in [0.05, 0.1) is 25.7 Å². The predicted octanol–water partition coefficient (Wildman–Crippen LogP) is 3.79. The number of nitrogens with zero attached hydrogens (tertiary/aromatic N) is 4. The first-order valence-electron chi connectivity index (χ1n) is 9.26. The zero-order valence-electron chi connectivity index (χ0n) is 17.5. The van der Waals surface area contributed by atoms with Gasteiger partial charge in [0.1, 0.15) is 11.5 Å². The second-order valence-corrected chi connectivity index (χ2v) is 7.84. The molecule has 0 atom stereocenters. The number of thioether (sulfide) groups is 1. The third kappa shape index (κ3) is 5.56. The van der Waals surface area contributed by atoms with Gasteiger partial charge >= 0.3 is 0 Å². The lowest BCUT2D eigenvalue weighted by Crippen LogP contribution is -2.21. The van der Waals surface area contributed by atoms with Gasteiger partial charge in [-0.2, -0.15) is 5.10 Å². The molecule has 31 heavy (non-hydrogen) atoms. The summed E-state index contributed by atoms with van der Waals surface area (Å²) in [4.78, 5) is 12.3. The minimum atomic E-state index is -0.257. The van der Waals surface area contributed by atoms with Crippen molar-refractivity contribution < 1.29 is 14.3 Å². The summed E-state index contributed by atoms with van der Waals surface area (Å²) < 4.78 is 12.4. The van der Waals surface area contributed by atoms with Crippen molar-refractivity contribution in [3.8, 4) is 22.9 Å². The molecule has 2 aromatic carbocycles. The predicted molar refractivity (Wildman–Crippen MR) is 122 cm³/mol.